The highest BCUT2D eigenvalue weighted by atomic mass is 79.9. The van der Waals surface area contributed by atoms with Gasteiger partial charge in [0.1, 0.15) is 0 Å². The zero-order chi connectivity index (χ0) is 28.7. The van der Waals surface area contributed by atoms with Crippen molar-refractivity contribution in [2.75, 3.05) is 18.5 Å². The standard InChI is InChI=1S/C32H28BrClN2O5/c33-18-13-14-24(23(34)16-18)35-25(37)17-41-26(38)12-2-1-7-15-36-31(39)29-27-19-8-3-4-9-20(19)28(30(29)32(36)40)22-11-6-5-10-21(22)27/h3-6,8-11,13-14,16,27-30H,1-2,7,12,15,17H2,(H,35,37)/t27?,28?,29-,30+. The fourth-order valence-electron chi connectivity index (χ4n) is 6.67. The van der Waals surface area contributed by atoms with E-state index in [0.717, 1.165) is 26.7 Å². The number of amides is 3. The second-order valence-electron chi connectivity index (χ2n) is 10.7. The first-order chi connectivity index (χ1) is 19.8. The quantitative estimate of drug-likeness (QED) is 0.176. The van der Waals surface area contributed by atoms with Crippen LogP contribution < -0.4 is 5.32 Å². The molecule has 3 aromatic carbocycles. The van der Waals surface area contributed by atoms with Crippen molar-refractivity contribution < 1.29 is 23.9 Å². The molecule has 3 amide bonds. The highest BCUT2D eigenvalue weighted by Gasteiger charge is 2.61. The predicted molar refractivity (Wildman–Crippen MR) is 157 cm³/mol. The highest BCUT2D eigenvalue weighted by molar-refractivity contribution is 9.10. The lowest BCUT2D eigenvalue weighted by Crippen LogP contribution is -2.41. The number of likely N-dealkylation sites (tertiary alicyclic amines) is 1. The summed E-state index contributed by atoms with van der Waals surface area (Å²) < 4.78 is 5.87. The number of halogens is 2. The van der Waals surface area contributed by atoms with Crippen molar-refractivity contribution in [3.63, 3.8) is 0 Å². The molecule has 1 N–H and O–H groups in total. The molecule has 0 radical (unpaired) electrons. The summed E-state index contributed by atoms with van der Waals surface area (Å²) >= 11 is 9.40. The van der Waals surface area contributed by atoms with E-state index >= 15 is 0 Å². The number of rotatable bonds is 9. The van der Waals surface area contributed by atoms with E-state index < -0.39 is 18.5 Å². The number of esters is 1. The van der Waals surface area contributed by atoms with Crippen LogP contribution in [0.2, 0.25) is 5.02 Å². The van der Waals surface area contributed by atoms with Gasteiger partial charge in [0, 0.05) is 29.3 Å². The lowest BCUT2D eigenvalue weighted by Gasteiger charge is -2.45. The number of carbonyl (C=O) groups is 4. The van der Waals surface area contributed by atoms with Gasteiger partial charge in [0.05, 0.1) is 22.5 Å². The third kappa shape index (κ3) is 5.08. The highest BCUT2D eigenvalue weighted by Crippen LogP contribution is 2.60. The van der Waals surface area contributed by atoms with Gasteiger partial charge >= 0.3 is 5.97 Å². The SMILES string of the molecule is O=C(COC(=O)CCCCCN1C(=O)[C@@H]2C3c4ccccc4C(c4ccccc43)[C@@H]2C1=O)Nc1ccc(Br)cc1Cl. The third-order valence-electron chi connectivity index (χ3n) is 8.37. The van der Waals surface area contributed by atoms with Crippen LogP contribution in [0, 0.1) is 11.8 Å². The number of ether oxygens (including phenoxy) is 1. The van der Waals surface area contributed by atoms with Gasteiger partial charge in [-0.1, -0.05) is 82.5 Å². The Morgan fingerprint density at radius 3 is 1.93 bits per heavy atom. The summed E-state index contributed by atoms with van der Waals surface area (Å²) in [7, 11) is 0. The number of hydrogen-bond donors (Lipinski definition) is 1. The van der Waals surface area contributed by atoms with Crippen LogP contribution in [-0.2, 0) is 23.9 Å². The predicted octanol–water partition coefficient (Wildman–Crippen LogP) is 6.04. The minimum absolute atomic E-state index is 0.0877. The minimum Gasteiger partial charge on any atom is -0.456 e. The van der Waals surface area contributed by atoms with Gasteiger partial charge in [-0.05, 0) is 53.3 Å². The van der Waals surface area contributed by atoms with E-state index in [2.05, 4.69) is 45.5 Å². The summed E-state index contributed by atoms with van der Waals surface area (Å²) in [5, 5.41) is 2.98. The van der Waals surface area contributed by atoms with Crippen LogP contribution in [0.3, 0.4) is 0 Å². The van der Waals surface area contributed by atoms with Crippen molar-refractivity contribution in [1.82, 2.24) is 4.90 Å². The first-order valence-corrected chi connectivity index (χ1v) is 15.0. The summed E-state index contributed by atoms with van der Waals surface area (Å²) in [4.78, 5) is 53.0. The van der Waals surface area contributed by atoms with E-state index in [-0.39, 0.29) is 41.9 Å². The van der Waals surface area contributed by atoms with Crippen LogP contribution in [0.15, 0.2) is 71.2 Å². The molecule has 7 nitrogen and oxygen atoms in total. The molecular weight excluding hydrogens is 608 g/mol. The van der Waals surface area contributed by atoms with Crippen LogP contribution in [0.5, 0.6) is 0 Å². The lowest BCUT2D eigenvalue weighted by atomic mass is 9.55. The third-order valence-corrected chi connectivity index (χ3v) is 9.18. The molecule has 1 aliphatic heterocycles. The van der Waals surface area contributed by atoms with E-state index in [0.29, 0.717) is 36.5 Å². The smallest absolute Gasteiger partial charge is 0.306 e. The van der Waals surface area contributed by atoms with Crippen LogP contribution >= 0.6 is 27.5 Å². The number of unbranched alkanes of at least 4 members (excludes halogenated alkanes) is 2. The largest absolute Gasteiger partial charge is 0.456 e. The number of imide groups is 1. The van der Waals surface area contributed by atoms with Gasteiger partial charge < -0.3 is 10.1 Å². The molecule has 3 aromatic rings. The molecule has 7 rings (SSSR count). The molecule has 4 aliphatic rings. The van der Waals surface area contributed by atoms with E-state index in [4.69, 9.17) is 16.3 Å². The average molecular weight is 636 g/mol. The van der Waals surface area contributed by atoms with Gasteiger partial charge in [-0.2, -0.15) is 0 Å². The maximum absolute atomic E-state index is 13.6. The molecular formula is C32H28BrClN2O5. The summed E-state index contributed by atoms with van der Waals surface area (Å²) in [5.41, 5.74) is 5.07. The van der Waals surface area contributed by atoms with Crippen LogP contribution in [0.25, 0.3) is 0 Å². The summed E-state index contributed by atoms with van der Waals surface area (Å²) in [6.07, 6.45) is 1.93. The monoisotopic (exact) mass is 634 g/mol. The van der Waals surface area contributed by atoms with E-state index in [1.807, 2.05) is 24.3 Å². The summed E-state index contributed by atoms with van der Waals surface area (Å²) in [6.45, 7) is -0.0693. The Labute approximate surface area is 251 Å². The molecule has 1 fully saturated rings. The Hall–Kier alpha value is -3.49. The number of anilines is 1. The maximum Gasteiger partial charge on any atom is 0.306 e. The Morgan fingerprint density at radius 1 is 0.829 bits per heavy atom. The first kappa shape index (κ1) is 27.7. The van der Waals surface area contributed by atoms with Gasteiger partial charge in [0.2, 0.25) is 11.8 Å². The molecule has 1 saturated heterocycles. The Bertz CT molecular complexity index is 1440. The average Bonchev–Trinajstić information content (AvgIpc) is 3.23. The molecule has 0 unspecified atom stereocenters. The Morgan fingerprint density at radius 2 is 1.39 bits per heavy atom. The van der Waals surface area contributed by atoms with Crippen molar-refractivity contribution in [3.05, 3.63) is 98.5 Å². The maximum atomic E-state index is 13.6. The number of carbonyl (C=O) groups excluding carboxylic acids is 4. The van der Waals surface area contributed by atoms with Crippen molar-refractivity contribution >= 4 is 56.9 Å². The Kier molecular flexibility index (Phi) is 7.70. The van der Waals surface area contributed by atoms with Crippen LogP contribution in [0.1, 0.15) is 59.8 Å². The van der Waals surface area contributed by atoms with Crippen molar-refractivity contribution in [2.45, 2.75) is 37.5 Å². The first-order valence-electron chi connectivity index (χ1n) is 13.8. The molecule has 0 saturated carbocycles. The van der Waals surface area contributed by atoms with Crippen molar-refractivity contribution in [3.8, 4) is 0 Å². The molecule has 2 bridgehead atoms. The van der Waals surface area contributed by atoms with Gasteiger partial charge in [-0.15, -0.1) is 0 Å². The summed E-state index contributed by atoms with van der Waals surface area (Å²) in [6, 6.07) is 21.5. The molecule has 0 aromatic heterocycles. The fraction of sp³-hybridized carbons (Fsp3) is 0.312. The normalized spacial score (nSPS) is 21.8. The topological polar surface area (TPSA) is 92.8 Å². The summed E-state index contributed by atoms with van der Waals surface area (Å²) in [5.74, 6) is -2.08. The number of hydrogen-bond acceptors (Lipinski definition) is 5. The number of benzene rings is 3. The molecule has 0 spiro atoms. The lowest BCUT2D eigenvalue weighted by molar-refractivity contribution is -0.147. The van der Waals surface area contributed by atoms with Gasteiger partial charge in [-0.3, -0.25) is 24.1 Å². The minimum atomic E-state index is -0.478. The zero-order valence-electron chi connectivity index (χ0n) is 22.1. The molecule has 2 atom stereocenters. The van der Waals surface area contributed by atoms with E-state index in [1.165, 1.54) is 4.90 Å². The van der Waals surface area contributed by atoms with Crippen LogP contribution in [-0.4, -0.2) is 41.7 Å². The zero-order valence-corrected chi connectivity index (χ0v) is 24.5. The number of nitrogens with zero attached hydrogens (tertiary/aromatic N) is 1. The van der Waals surface area contributed by atoms with E-state index in [9.17, 15) is 19.2 Å². The molecule has 1 heterocycles. The molecule has 9 heteroatoms. The van der Waals surface area contributed by atoms with E-state index in [1.54, 1.807) is 18.2 Å². The fourth-order valence-corrected chi connectivity index (χ4v) is 7.39. The molecule has 3 aliphatic carbocycles. The van der Waals surface area contributed by atoms with Gasteiger partial charge in [0.15, 0.2) is 6.61 Å². The van der Waals surface area contributed by atoms with Crippen molar-refractivity contribution in [1.29, 1.82) is 0 Å². The molecule has 41 heavy (non-hydrogen) atoms. The molecule has 210 valence electrons. The number of nitrogens with one attached hydrogen (secondary N) is 1. The van der Waals surface area contributed by atoms with Gasteiger partial charge in [0.25, 0.3) is 5.91 Å². The van der Waals surface area contributed by atoms with Crippen molar-refractivity contribution in [2.24, 2.45) is 11.8 Å². The second kappa shape index (κ2) is 11.4. The van der Waals surface area contributed by atoms with Gasteiger partial charge in [-0.25, -0.2) is 0 Å². The Balaban J connectivity index is 0.996. The second-order valence-corrected chi connectivity index (χ2v) is 12.1. The van der Waals surface area contributed by atoms with Crippen LogP contribution in [0.4, 0.5) is 5.69 Å².